The van der Waals surface area contributed by atoms with Gasteiger partial charge in [-0.2, -0.15) is 0 Å². The molecule has 0 atom stereocenters. The van der Waals surface area contributed by atoms with Gasteiger partial charge in [0.2, 0.25) is 0 Å². The molecule has 0 heterocycles. The number of ether oxygens (including phenoxy) is 2. The summed E-state index contributed by atoms with van der Waals surface area (Å²) < 4.78 is 10.2. The number of halogens is 1. The van der Waals surface area contributed by atoms with Gasteiger partial charge in [-0.15, -0.1) is 11.6 Å². The Kier molecular flexibility index (Phi) is 6.97. The standard InChI is InChI=1S/C14H17ClO4/c1-2-3-7-13(16)18-11-5-4-6-12(10-11)19-14(17)8-9-15/h4-6,10H,2-3,7-9H2,1H3. The minimum atomic E-state index is -0.413. The molecule has 0 saturated carbocycles. The van der Waals surface area contributed by atoms with E-state index in [1.165, 1.54) is 6.07 Å². The van der Waals surface area contributed by atoms with Gasteiger partial charge in [0.25, 0.3) is 0 Å². The SMILES string of the molecule is CCCCC(=O)Oc1cccc(OC(=O)CCCl)c1. The predicted octanol–water partition coefficient (Wildman–Crippen LogP) is 3.32. The molecule has 0 aromatic heterocycles. The van der Waals surface area contributed by atoms with Gasteiger partial charge in [0.15, 0.2) is 0 Å². The van der Waals surface area contributed by atoms with Gasteiger partial charge in [0, 0.05) is 18.4 Å². The highest BCUT2D eigenvalue weighted by atomic mass is 35.5. The summed E-state index contributed by atoms with van der Waals surface area (Å²) in [5.74, 6) is 0.230. The molecule has 0 radical (unpaired) electrons. The van der Waals surface area contributed by atoms with Crippen LogP contribution in [0.25, 0.3) is 0 Å². The van der Waals surface area contributed by atoms with Crippen LogP contribution in [-0.4, -0.2) is 17.8 Å². The van der Waals surface area contributed by atoms with E-state index >= 15 is 0 Å². The van der Waals surface area contributed by atoms with Crippen LogP contribution in [0.3, 0.4) is 0 Å². The van der Waals surface area contributed by atoms with Crippen LogP contribution in [0.4, 0.5) is 0 Å². The van der Waals surface area contributed by atoms with Crippen molar-refractivity contribution in [3.8, 4) is 11.5 Å². The number of carbonyl (C=O) groups excluding carboxylic acids is 2. The molecule has 0 aliphatic heterocycles. The van der Waals surface area contributed by atoms with Gasteiger partial charge in [-0.05, 0) is 18.6 Å². The van der Waals surface area contributed by atoms with Gasteiger partial charge in [-0.1, -0.05) is 19.4 Å². The molecule has 0 unspecified atom stereocenters. The number of benzene rings is 1. The Morgan fingerprint density at radius 3 is 2.21 bits per heavy atom. The summed E-state index contributed by atoms with van der Waals surface area (Å²) in [5, 5.41) is 0. The van der Waals surface area contributed by atoms with E-state index in [9.17, 15) is 9.59 Å². The Morgan fingerprint density at radius 2 is 1.68 bits per heavy atom. The van der Waals surface area contributed by atoms with Crippen molar-refractivity contribution in [1.82, 2.24) is 0 Å². The van der Waals surface area contributed by atoms with E-state index in [1.807, 2.05) is 6.92 Å². The second-order valence-electron chi connectivity index (χ2n) is 3.97. The molecule has 0 saturated heterocycles. The fraction of sp³-hybridized carbons (Fsp3) is 0.429. The molecule has 0 bridgehead atoms. The number of rotatable bonds is 7. The van der Waals surface area contributed by atoms with E-state index in [-0.39, 0.29) is 18.3 Å². The number of unbranched alkanes of at least 4 members (excludes halogenated alkanes) is 1. The third-order valence-corrected chi connectivity index (χ3v) is 2.49. The first-order valence-electron chi connectivity index (χ1n) is 6.23. The molecule has 104 valence electrons. The summed E-state index contributed by atoms with van der Waals surface area (Å²) in [6.45, 7) is 2.00. The number of esters is 2. The second-order valence-corrected chi connectivity index (χ2v) is 4.34. The van der Waals surface area contributed by atoms with Crippen molar-refractivity contribution < 1.29 is 19.1 Å². The number of carbonyl (C=O) groups is 2. The highest BCUT2D eigenvalue weighted by Crippen LogP contribution is 2.20. The lowest BCUT2D eigenvalue weighted by Gasteiger charge is -2.06. The monoisotopic (exact) mass is 284 g/mol. The molecule has 0 N–H and O–H groups in total. The summed E-state index contributed by atoms with van der Waals surface area (Å²) in [5.41, 5.74) is 0. The van der Waals surface area contributed by atoms with E-state index < -0.39 is 5.97 Å². The highest BCUT2D eigenvalue weighted by Gasteiger charge is 2.07. The number of alkyl halides is 1. The van der Waals surface area contributed by atoms with Gasteiger partial charge in [0.1, 0.15) is 11.5 Å². The molecular weight excluding hydrogens is 268 g/mol. The van der Waals surface area contributed by atoms with Crippen LogP contribution in [0.15, 0.2) is 24.3 Å². The summed E-state index contributed by atoms with van der Waals surface area (Å²) >= 11 is 5.44. The first kappa shape index (κ1) is 15.5. The topological polar surface area (TPSA) is 52.6 Å². The lowest BCUT2D eigenvalue weighted by Crippen LogP contribution is -2.09. The van der Waals surface area contributed by atoms with Gasteiger partial charge < -0.3 is 9.47 Å². The summed E-state index contributed by atoms with van der Waals surface area (Å²) in [6.07, 6.45) is 2.25. The minimum Gasteiger partial charge on any atom is -0.426 e. The summed E-state index contributed by atoms with van der Waals surface area (Å²) in [7, 11) is 0. The molecule has 5 heteroatoms. The molecule has 0 aliphatic carbocycles. The van der Waals surface area contributed by atoms with Gasteiger partial charge >= 0.3 is 11.9 Å². The van der Waals surface area contributed by atoms with Crippen LogP contribution in [0.1, 0.15) is 32.6 Å². The van der Waals surface area contributed by atoms with Gasteiger partial charge in [-0.25, -0.2) is 0 Å². The Balaban J connectivity index is 2.56. The second kappa shape index (κ2) is 8.53. The van der Waals surface area contributed by atoms with Crippen LogP contribution in [0, 0.1) is 0 Å². The summed E-state index contributed by atoms with van der Waals surface area (Å²) in [6, 6.07) is 6.43. The minimum absolute atomic E-state index is 0.141. The lowest BCUT2D eigenvalue weighted by atomic mass is 10.2. The quantitative estimate of drug-likeness (QED) is 0.438. The lowest BCUT2D eigenvalue weighted by molar-refractivity contribution is -0.134. The molecule has 0 spiro atoms. The third-order valence-electron chi connectivity index (χ3n) is 2.30. The van der Waals surface area contributed by atoms with E-state index in [2.05, 4.69) is 0 Å². The average Bonchev–Trinajstić information content (AvgIpc) is 2.37. The van der Waals surface area contributed by atoms with Gasteiger partial charge in [0.05, 0.1) is 6.42 Å². The van der Waals surface area contributed by atoms with E-state index in [4.69, 9.17) is 21.1 Å². The zero-order valence-electron chi connectivity index (χ0n) is 10.9. The van der Waals surface area contributed by atoms with Crippen molar-refractivity contribution in [2.75, 3.05) is 5.88 Å². The van der Waals surface area contributed by atoms with Crippen LogP contribution in [-0.2, 0) is 9.59 Å². The van der Waals surface area contributed by atoms with Crippen molar-refractivity contribution in [3.05, 3.63) is 24.3 Å². The Morgan fingerprint density at radius 1 is 1.11 bits per heavy atom. The van der Waals surface area contributed by atoms with Crippen LogP contribution in [0.2, 0.25) is 0 Å². The molecule has 0 amide bonds. The maximum Gasteiger partial charge on any atom is 0.312 e. The maximum atomic E-state index is 11.5. The van der Waals surface area contributed by atoms with Crippen LogP contribution in [0.5, 0.6) is 11.5 Å². The molecule has 1 aromatic carbocycles. The maximum absolute atomic E-state index is 11.5. The van der Waals surface area contributed by atoms with E-state index in [1.54, 1.807) is 18.2 Å². The zero-order valence-corrected chi connectivity index (χ0v) is 11.6. The molecule has 1 rings (SSSR count). The largest absolute Gasteiger partial charge is 0.426 e. The zero-order chi connectivity index (χ0) is 14.1. The van der Waals surface area contributed by atoms with E-state index in [0.717, 1.165) is 12.8 Å². The van der Waals surface area contributed by atoms with Crippen molar-refractivity contribution in [3.63, 3.8) is 0 Å². The van der Waals surface area contributed by atoms with Crippen molar-refractivity contribution in [1.29, 1.82) is 0 Å². The number of hydrogen-bond donors (Lipinski definition) is 0. The van der Waals surface area contributed by atoms with Crippen molar-refractivity contribution in [2.45, 2.75) is 32.6 Å². The highest BCUT2D eigenvalue weighted by molar-refractivity contribution is 6.18. The fourth-order valence-electron chi connectivity index (χ4n) is 1.36. The van der Waals surface area contributed by atoms with Crippen molar-refractivity contribution in [2.24, 2.45) is 0 Å². The Labute approximate surface area is 117 Å². The molecule has 19 heavy (non-hydrogen) atoms. The Hall–Kier alpha value is -1.55. The summed E-state index contributed by atoms with van der Waals surface area (Å²) in [4.78, 5) is 22.7. The Bertz CT molecular complexity index is 431. The van der Waals surface area contributed by atoms with Gasteiger partial charge in [-0.3, -0.25) is 9.59 Å². The number of hydrogen-bond acceptors (Lipinski definition) is 4. The molecule has 0 fully saturated rings. The first-order chi connectivity index (χ1) is 9.15. The molecule has 0 aliphatic rings. The molecular formula is C14H17ClO4. The normalized spacial score (nSPS) is 10.0. The predicted molar refractivity (Wildman–Crippen MR) is 72.6 cm³/mol. The average molecular weight is 285 g/mol. The van der Waals surface area contributed by atoms with Crippen molar-refractivity contribution >= 4 is 23.5 Å². The fourth-order valence-corrected chi connectivity index (χ4v) is 1.52. The van der Waals surface area contributed by atoms with E-state index in [0.29, 0.717) is 17.9 Å². The molecule has 1 aromatic rings. The first-order valence-corrected chi connectivity index (χ1v) is 6.76. The third kappa shape index (κ3) is 6.25. The van der Waals surface area contributed by atoms with Crippen LogP contribution < -0.4 is 9.47 Å². The smallest absolute Gasteiger partial charge is 0.312 e. The van der Waals surface area contributed by atoms with Crippen LogP contribution >= 0.6 is 11.6 Å². The molecule has 4 nitrogen and oxygen atoms in total.